The monoisotopic (exact) mass is 308 g/mol. The van der Waals surface area contributed by atoms with Crippen molar-refractivity contribution >= 4 is 34.2 Å². The summed E-state index contributed by atoms with van der Waals surface area (Å²) >= 11 is 0. The Labute approximate surface area is 135 Å². The first-order valence-electron chi connectivity index (χ1n) is 8.03. The number of pyridine rings is 1. The van der Waals surface area contributed by atoms with Gasteiger partial charge in [-0.2, -0.15) is 0 Å². The van der Waals surface area contributed by atoms with Crippen LogP contribution in [-0.2, 0) is 4.74 Å². The zero-order chi connectivity index (χ0) is 15.6. The molecule has 2 aliphatic rings. The van der Waals surface area contributed by atoms with Gasteiger partial charge in [-0.05, 0) is 36.1 Å². The molecule has 3 N–H and O–H groups in total. The van der Waals surface area contributed by atoms with Crippen LogP contribution in [0.5, 0.6) is 0 Å². The average molecular weight is 308 g/mol. The summed E-state index contributed by atoms with van der Waals surface area (Å²) in [5, 5.41) is 4.66. The minimum atomic E-state index is 0.333. The van der Waals surface area contributed by atoms with E-state index in [1.165, 1.54) is 5.57 Å². The molecule has 0 amide bonds. The predicted molar refractivity (Wildman–Crippen MR) is 95.0 cm³/mol. The Kier molecular flexibility index (Phi) is 3.71. The number of aliphatic imine (C=N–C) groups is 1. The summed E-state index contributed by atoms with van der Waals surface area (Å²) in [4.78, 5) is 8.74. The summed E-state index contributed by atoms with van der Waals surface area (Å²) in [6, 6.07) is 8.58. The number of aromatic nitrogens is 1. The topological polar surface area (TPSA) is 72.5 Å². The molecule has 0 spiro atoms. The smallest absolute Gasteiger partial charge is 0.126 e. The Morgan fingerprint density at radius 1 is 1.26 bits per heavy atom. The van der Waals surface area contributed by atoms with Gasteiger partial charge in [-0.15, -0.1) is 0 Å². The maximum atomic E-state index is 6.01. The Morgan fingerprint density at radius 3 is 3.00 bits per heavy atom. The van der Waals surface area contributed by atoms with Crippen LogP contribution < -0.4 is 11.1 Å². The number of nitrogens with one attached hydrogen (secondary N) is 1. The van der Waals surface area contributed by atoms with Crippen molar-refractivity contribution in [2.24, 2.45) is 4.99 Å². The molecule has 1 aromatic heterocycles. The maximum Gasteiger partial charge on any atom is 0.126 e. The zero-order valence-corrected chi connectivity index (χ0v) is 13.0. The number of nitrogen functional groups attached to an aromatic ring is 1. The van der Waals surface area contributed by atoms with E-state index in [2.05, 4.69) is 33.5 Å². The third kappa shape index (κ3) is 2.92. The van der Waals surface area contributed by atoms with Crippen LogP contribution in [0.3, 0.4) is 0 Å². The molecule has 3 heterocycles. The largest absolute Gasteiger partial charge is 0.384 e. The highest BCUT2D eigenvalue weighted by Gasteiger charge is 2.16. The molecular weight excluding hydrogens is 288 g/mol. The normalized spacial score (nSPS) is 20.7. The molecule has 5 nitrogen and oxygen atoms in total. The van der Waals surface area contributed by atoms with Crippen LogP contribution in [0.25, 0.3) is 16.5 Å². The van der Waals surface area contributed by atoms with Gasteiger partial charge >= 0.3 is 0 Å². The molecule has 1 atom stereocenters. The molecule has 2 aliphatic heterocycles. The van der Waals surface area contributed by atoms with Crippen molar-refractivity contribution in [3.63, 3.8) is 0 Å². The lowest BCUT2D eigenvalue weighted by atomic mass is 10.0. The number of fused-ring (bicyclic) bond motifs is 1. The first-order valence-corrected chi connectivity index (χ1v) is 8.03. The van der Waals surface area contributed by atoms with Crippen LogP contribution in [0.2, 0.25) is 0 Å². The van der Waals surface area contributed by atoms with E-state index in [4.69, 9.17) is 10.5 Å². The fourth-order valence-corrected chi connectivity index (χ4v) is 3.18. The Hall–Kier alpha value is -2.40. The summed E-state index contributed by atoms with van der Waals surface area (Å²) in [6.45, 7) is 2.34. The fourth-order valence-electron chi connectivity index (χ4n) is 3.18. The van der Waals surface area contributed by atoms with Crippen molar-refractivity contribution in [3.05, 3.63) is 35.9 Å². The van der Waals surface area contributed by atoms with Gasteiger partial charge < -0.3 is 15.8 Å². The van der Waals surface area contributed by atoms with Crippen LogP contribution >= 0.6 is 0 Å². The number of nitrogens with two attached hydrogens (primary N) is 1. The highest BCUT2D eigenvalue weighted by atomic mass is 16.5. The van der Waals surface area contributed by atoms with Crippen LogP contribution in [0, 0.1) is 0 Å². The third-order valence-corrected chi connectivity index (χ3v) is 4.36. The van der Waals surface area contributed by atoms with Gasteiger partial charge in [-0.25, -0.2) is 4.98 Å². The molecule has 0 aliphatic carbocycles. The lowest BCUT2D eigenvalue weighted by Crippen LogP contribution is -2.30. The molecule has 1 saturated heterocycles. The highest BCUT2D eigenvalue weighted by molar-refractivity contribution is 5.97. The number of allylic oxidation sites excluding steroid dienone is 1. The molecule has 1 fully saturated rings. The van der Waals surface area contributed by atoms with Gasteiger partial charge in [0.1, 0.15) is 5.82 Å². The molecule has 23 heavy (non-hydrogen) atoms. The lowest BCUT2D eigenvalue weighted by molar-refractivity contribution is 0.0876. The third-order valence-electron chi connectivity index (χ3n) is 4.36. The van der Waals surface area contributed by atoms with E-state index < -0.39 is 0 Å². The van der Waals surface area contributed by atoms with E-state index in [1.54, 1.807) is 0 Å². The SMILES string of the molecule is Nc1cc(N[C@@H]2CCCOC2)c2ccc(C3=CC=NC3)cc2n1. The first-order chi connectivity index (χ1) is 11.3. The number of hydrogen-bond donors (Lipinski definition) is 2. The standard InChI is InChI=1S/C18H20N4O/c19-18-9-17(21-14-2-1-7-23-11-14)15-4-3-12(8-16(15)22-18)13-5-6-20-10-13/h3-6,8-9,14H,1-2,7,10-11H2,(H3,19,21,22)/t14-/m1/s1. The Balaban J connectivity index is 1.69. The second-order valence-corrected chi connectivity index (χ2v) is 6.07. The summed E-state index contributed by atoms with van der Waals surface area (Å²) in [6.07, 6.45) is 6.11. The molecule has 1 aromatic carbocycles. The number of ether oxygens (including phenoxy) is 1. The molecule has 0 radical (unpaired) electrons. The van der Waals surface area contributed by atoms with Crippen LogP contribution in [-0.4, -0.2) is 37.0 Å². The van der Waals surface area contributed by atoms with Crippen molar-refractivity contribution in [1.82, 2.24) is 4.98 Å². The predicted octanol–water partition coefficient (Wildman–Crippen LogP) is 2.88. The molecule has 5 heteroatoms. The van der Waals surface area contributed by atoms with Gasteiger partial charge in [-0.1, -0.05) is 12.1 Å². The molecule has 0 saturated carbocycles. The molecule has 0 bridgehead atoms. The molecule has 2 aromatic rings. The van der Waals surface area contributed by atoms with Crippen molar-refractivity contribution < 1.29 is 4.74 Å². The average Bonchev–Trinajstić information content (AvgIpc) is 3.09. The van der Waals surface area contributed by atoms with Crippen LogP contribution in [0.1, 0.15) is 18.4 Å². The van der Waals surface area contributed by atoms with Gasteiger partial charge in [0.15, 0.2) is 0 Å². The van der Waals surface area contributed by atoms with E-state index in [1.807, 2.05) is 18.4 Å². The summed E-state index contributed by atoms with van der Waals surface area (Å²) < 4.78 is 5.55. The van der Waals surface area contributed by atoms with Crippen molar-refractivity contribution in [1.29, 1.82) is 0 Å². The van der Waals surface area contributed by atoms with Gasteiger partial charge in [0, 0.05) is 36.0 Å². The quantitative estimate of drug-likeness (QED) is 0.914. The molecule has 0 unspecified atom stereocenters. The lowest BCUT2D eigenvalue weighted by Gasteiger charge is -2.25. The molecular formula is C18H20N4O. The van der Waals surface area contributed by atoms with Gasteiger partial charge in [0.25, 0.3) is 0 Å². The number of hydrogen-bond acceptors (Lipinski definition) is 5. The maximum absolute atomic E-state index is 6.01. The number of rotatable bonds is 3. The van der Waals surface area contributed by atoms with Gasteiger partial charge in [0.05, 0.1) is 18.7 Å². The van der Waals surface area contributed by atoms with Crippen molar-refractivity contribution in [2.75, 3.05) is 30.8 Å². The second-order valence-electron chi connectivity index (χ2n) is 6.07. The van der Waals surface area contributed by atoms with Gasteiger partial charge in [0.2, 0.25) is 0 Å². The van der Waals surface area contributed by atoms with E-state index in [0.717, 1.165) is 54.8 Å². The summed E-state index contributed by atoms with van der Waals surface area (Å²) in [5.41, 5.74) is 10.3. The number of anilines is 2. The fraction of sp³-hybridized carbons (Fsp3) is 0.333. The van der Waals surface area contributed by atoms with Crippen molar-refractivity contribution in [2.45, 2.75) is 18.9 Å². The van der Waals surface area contributed by atoms with Crippen molar-refractivity contribution in [3.8, 4) is 0 Å². The first kappa shape index (κ1) is 14.2. The molecule has 4 rings (SSSR count). The van der Waals surface area contributed by atoms with E-state index in [9.17, 15) is 0 Å². The zero-order valence-electron chi connectivity index (χ0n) is 13.0. The van der Waals surface area contributed by atoms with E-state index in [0.29, 0.717) is 11.9 Å². The Bertz CT molecular complexity index is 791. The second kappa shape index (κ2) is 6.01. The van der Waals surface area contributed by atoms with Crippen LogP contribution in [0.4, 0.5) is 11.5 Å². The number of nitrogens with zero attached hydrogens (tertiary/aromatic N) is 2. The summed E-state index contributed by atoms with van der Waals surface area (Å²) in [5.74, 6) is 0.533. The number of benzene rings is 1. The van der Waals surface area contributed by atoms with Gasteiger partial charge in [-0.3, -0.25) is 4.99 Å². The minimum Gasteiger partial charge on any atom is -0.384 e. The highest BCUT2D eigenvalue weighted by Crippen LogP contribution is 2.29. The Morgan fingerprint density at radius 2 is 2.22 bits per heavy atom. The van der Waals surface area contributed by atoms with E-state index in [-0.39, 0.29) is 0 Å². The van der Waals surface area contributed by atoms with E-state index >= 15 is 0 Å². The minimum absolute atomic E-state index is 0.333. The summed E-state index contributed by atoms with van der Waals surface area (Å²) in [7, 11) is 0. The van der Waals surface area contributed by atoms with Crippen LogP contribution in [0.15, 0.2) is 35.3 Å². The molecule has 118 valence electrons.